The van der Waals surface area contributed by atoms with Gasteiger partial charge in [-0.05, 0) is 36.1 Å². The second-order valence-corrected chi connectivity index (χ2v) is 8.83. The first-order valence-corrected chi connectivity index (χ1v) is 11.0. The van der Waals surface area contributed by atoms with Crippen LogP contribution in [0.5, 0.6) is 0 Å². The zero-order valence-electron chi connectivity index (χ0n) is 19.3. The van der Waals surface area contributed by atoms with Gasteiger partial charge in [-0.2, -0.15) is 0 Å². The molecular formula is C23H34N4O5. The summed E-state index contributed by atoms with van der Waals surface area (Å²) in [6, 6.07) is 6.09. The fourth-order valence-corrected chi connectivity index (χ4v) is 3.25. The van der Waals surface area contributed by atoms with E-state index in [4.69, 9.17) is 4.74 Å². The van der Waals surface area contributed by atoms with Crippen LogP contribution in [-0.2, 0) is 23.9 Å². The molecule has 9 heteroatoms. The van der Waals surface area contributed by atoms with Crippen molar-refractivity contribution in [2.24, 2.45) is 11.8 Å². The summed E-state index contributed by atoms with van der Waals surface area (Å²) in [5.74, 6) is -0.620. The second-order valence-electron chi connectivity index (χ2n) is 8.83. The Morgan fingerprint density at radius 2 is 1.62 bits per heavy atom. The SMILES string of the molecule is CC(C)COC(=O)CC1C(=O)NCCN1CC(=O)Nc1ccc(NC(=O)CC(C)C)cc1. The third kappa shape index (κ3) is 8.66. The van der Waals surface area contributed by atoms with Crippen LogP contribution < -0.4 is 16.0 Å². The third-order valence-corrected chi connectivity index (χ3v) is 4.77. The molecule has 1 atom stereocenters. The molecule has 1 aliphatic heterocycles. The molecule has 1 aromatic carbocycles. The Balaban J connectivity index is 1.90. The molecule has 0 aromatic heterocycles. The van der Waals surface area contributed by atoms with Crippen LogP contribution in [0.4, 0.5) is 11.4 Å². The number of piperazine rings is 1. The average molecular weight is 447 g/mol. The lowest BCUT2D eigenvalue weighted by molar-refractivity contribution is -0.149. The number of anilines is 2. The molecule has 0 saturated carbocycles. The van der Waals surface area contributed by atoms with Crippen molar-refractivity contribution in [1.82, 2.24) is 10.2 Å². The van der Waals surface area contributed by atoms with Crippen molar-refractivity contribution in [3.05, 3.63) is 24.3 Å². The molecule has 3 N–H and O–H groups in total. The number of rotatable bonds is 10. The number of hydrogen-bond acceptors (Lipinski definition) is 6. The van der Waals surface area contributed by atoms with E-state index >= 15 is 0 Å². The molecule has 1 unspecified atom stereocenters. The van der Waals surface area contributed by atoms with E-state index < -0.39 is 12.0 Å². The van der Waals surface area contributed by atoms with Gasteiger partial charge in [0.15, 0.2) is 0 Å². The molecule has 1 aliphatic rings. The molecule has 0 spiro atoms. The molecule has 32 heavy (non-hydrogen) atoms. The van der Waals surface area contributed by atoms with Gasteiger partial charge in [0.2, 0.25) is 17.7 Å². The normalized spacial score (nSPS) is 16.6. The number of amides is 3. The van der Waals surface area contributed by atoms with Gasteiger partial charge in [0, 0.05) is 30.9 Å². The molecular weight excluding hydrogens is 412 g/mol. The highest BCUT2D eigenvalue weighted by atomic mass is 16.5. The van der Waals surface area contributed by atoms with Gasteiger partial charge in [-0.15, -0.1) is 0 Å². The molecule has 1 aromatic rings. The number of ether oxygens (including phenoxy) is 1. The van der Waals surface area contributed by atoms with Gasteiger partial charge < -0.3 is 20.7 Å². The second kappa shape index (κ2) is 12.2. The summed E-state index contributed by atoms with van der Waals surface area (Å²) >= 11 is 0. The Hall–Kier alpha value is -2.94. The van der Waals surface area contributed by atoms with E-state index in [1.807, 2.05) is 27.7 Å². The van der Waals surface area contributed by atoms with Gasteiger partial charge >= 0.3 is 5.97 Å². The fourth-order valence-electron chi connectivity index (χ4n) is 3.25. The first-order chi connectivity index (χ1) is 15.1. The number of nitrogens with zero attached hydrogens (tertiary/aromatic N) is 1. The molecule has 1 saturated heterocycles. The zero-order chi connectivity index (χ0) is 23.7. The number of nitrogens with one attached hydrogen (secondary N) is 3. The standard InChI is InChI=1S/C23H34N4O5/c1-15(2)11-20(28)25-17-5-7-18(8-6-17)26-21(29)13-27-10-9-24-23(31)19(27)12-22(30)32-14-16(3)4/h5-8,15-16,19H,9-14H2,1-4H3,(H,24,31)(H,25,28)(H,26,29). The van der Waals surface area contributed by atoms with Gasteiger partial charge in [0.05, 0.1) is 19.6 Å². The predicted octanol–water partition coefficient (Wildman–Crippen LogP) is 2.00. The maximum Gasteiger partial charge on any atom is 0.307 e. The first kappa shape index (κ1) is 25.3. The summed E-state index contributed by atoms with van der Waals surface area (Å²) in [6.45, 7) is 8.96. The molecule has 9 nitrogen and oxygen atoms in total. The smallest absolute Gasteiger partial charge is 0.307 e. The highest BCUT2D eigenvalue weighted by molar-refractivity contribution is 5.94. The van der Waals surface area contributed by atoms with E-state index in [0.29, 0.717) is 37.5 Å². The van der Waals surface area contributed by atoms with Crippen LogP contribution in [-0.4, -0.2) is 60.9 Å². The number of esters is 1. The van der Waals surface area contributed by atoms with Crippen LogP contribution in [0, 0.1) is 11.8 Å². The summed E-state index contributed by atoms with van der Waals surface area (Å²) in [7, 11) is 0. The van der Waals surface area contributed by atoms with Crippen molar-refractivity contribution < 1.29 is 23.9 Å². The molecule has 176 valence electrons. The number of benzene rings is 1. The monoisotopic (exact) mass is 446 g/mol. The van der Waals surface area contributed by atoms with Crippen molar-refractivity contribution in [3.63, 3.8) is 0 Å². The topological polar surface area (TPSA) is 117 Å². The van der Waals surface area contributed by atoms with Crippen LogP contribution in [0.3, 0.4) is 0 Å². The number of hydrogen-bond donors (Lipinski definition) is 3. The summed E-state index contributed by atoms with van der Waals surface area (Å²) < 4.78 is 5.19. The van der Waals surface area contributed by atoms with Crippen molar-refractivity contribution in [3.8, 4) is 0 Å². The molecule has 0 radical (unpaired) electrons. The van der Waals surface area contributed by atoms with E-state index in [2.05, 4.69) is 16.0 Å². The van der Waals surface area contributed by atoms with Crippen LogP contribution in [0.2, 0.25) is 0 Å². The average Bonchev–Trinajstić information content (AvgIpc) is 2.70. The minimum Gasteiger partial charge on any atom is -0.465 e. The molecule has 3 amide bonds. The summed E-state index contributed by atoms with van der Waals surface area (Å²) in [5.41, 5.74) is 1.23. The quantitative estimate of drug-likeness (QED) is 0.473. The lowest BCUT2D eigenvalue weighted by Gasteiger charge is -2.33. The molecule has 1 fully saturated rings. The molecule has 0 aliphatic carbocycles. The lowest BCUT2D eigenvalue weighted by atomic mass is 10.1. The van der Waals surface area contributed by atoms with Crippen LogP contribution in [0.25, 0.3) is 0 Å². The van der Waals surface area contributed by atoms with Crippen molar-refractivity contribution in [1.29, 1.82) is 0 Å². The highest BCUT2D eigenvalue weighted by Crippen LogP contribution is 2.16. The Labute approximate surface area is 189 Å². The van der Waals surface area contributed by atoms with Gasteiger partial charge in [0.1, 0.15) is 6.04 Å². The Morgan fingerprint density at radius 1 is 1.03 bits per heavy atom. The number of carbonyl (C=O) groups is 4. The van der Waals surface area contributed by atoms with Crippen molar-refractivity contribution in [2.75, 3.05) is 36.9 Å². The minimum absolute atomic E-state index is 0.0254. The van der Waals surface area contributed by atoms with E-state index in [1.165, 1.54) is 0 Å². The van der Waals surface area contributed by atoms with E-state index in [9.17, 15) is 19.2 Å². The van der Waals surface area contributed by atoms with Gasteiger partial charge in [0.25, 0.3) is 0 Å². The molecule has 0 bridgehead atoms. The summed E-state index contributed by atoms with van der Waals surface area (Å²) in [4.78, 5) is 50.5. The Morgan fingerprint density at radius 3 is 2.19 bits per heavy atom. The fraction of sp³-hybridized carbons (Fsp3) is 0.565. The van der Waals surface area contributed by atoms with Gasteiger partial charge in [-0.3, -0.25) is 24.1 Å². The molecule has 2 rings (SSSR count). The van der Waals surface area contributed by atoms with E-state index in [1.54, 1.807) is 29.2 Å². The maximum absolute atomic E-state index is 12.5. The van der Waals surface area contributed by atoms with Crippen molar-refractivity contribution >= 4 is 35.1 Å². The molecule has 1 heterocycles. The van der Waals surface area contributed by atoms with Crippen LogP contribution >= 0.6 is 0 Å². The zero-order valence-corrected chi connectivity index (χ0v) is 19.3. The lowest BCUT2D eigenvalue weighted by Crippen LogP contribution is -2.57. The van der Waals surface area contributed by atoms with Crippen molar-refractivity contribution in [2.45, 2.75) is 46.6 Å². The Bertz CT molecular complexity index is 807. The summed E-state index contributed by atoms with van der Waals surface area (Å²) in [5, 5.41) is 8.34. The minimum atomic E-state index is -0.743. The van der Waals surface area contributed by atoms with Gasteiger partial charge in [-0.1, -0.05) is 27.7 Å². The third-order valence-electron chi connectivity index (χ3n) is 4.77. The highest BCUT2D eigenvalue weighted by Gasteiger charge is 2.33. The van der Waals surface area contributed by atoms with Crippen LogP contribution in [0.1, 0.15) is 40.5 Å². The first-order valence-electron chi connectivity index (χ1n) is 11.0. The number of carbonyl (C=O) groups excluding carboxylic acids is 4. The van der Waals surface area contributed by atoms with E-state index in [0.717, 1.165) is 0 Å². The maximum atomic E-state index is 12.5. The summed E-state index contributed by atoms with van der Waals surface area (Å²) in [6.07, 6.45) is 0.338. The Kier molecular flexibility index (Phi) is 9.64. The largest absolute Gasteiger partial charge is 0.465 e. The van der Waals surface area contributed by atoms with Crippen LogP contribution in [0.15, 0.2) is 24.3 Å². The van der Waals surface area contributed by atoms with E-state index in [-0.39, 0.29) is 42.5 Å². The predicted molar refractivity (Wildman–Crippen MR) is 122 cm³/mol. The van der Waals surface area contributed by atoms with Gasteiger partial charge in [-0.25, -0.2) is 0 Å².